The molecule has 11 heteroatoms. The molecule has 0 aliphatic carbocycles. The highest BCUT2D eigenvalue weighted by atomic mass is 19.4. The van der Waals surface area contributed by atoms with E-state index in [4.69, 9.17) is 0 Å². The van der Waals surface area contributed by atoms with Gasteiger partial charge >= 0.3 is 12.3 Å². The summed E-state index contributed by atoms with van der Waals surface area (Å²) in [4.78, 5) is 20.5. The van der Waals surface area contributed by atoms with E-state index in [-0.39, 0.29) is 18.1 Å². The highest BCUT2D eigenvalue weighted by Gasteiger charge is 2.29. The molecule has 0 unspecified atom stereocenters. The molecule has 0 bridgehead atoms. The number of carboxylic acid groups (broad SMARTS) is 1. The molecule has 2 heterocycles. The Kier molecular flexibility index (Phi) is 5.67. The van der Waals surface area contributed by atoms with Crippen molar-refractivity contribution in [1.29, 1.82) is 0 Å². The van der Waals surface area contributed by atoms with Crippen LogP contribution in [0.5, 0.6) is 5.88 Å². The number of amides is 1. The lowest BCUT2D eigenvalue weighted by Gasteiger charge is -2.24. The minimum Gasteiger partial charge on any atom is -0.467 e. The van der Waals surface area contributed by atoms with Crippen LogP contribution in [0.4, 0.5) is 18.0 Å². The second-order valence-electron chi connectivity index (χ2n) is 4.96. The van der Waals surface area contributed by atoms with E-state index in [1.54, 1.807) is 13.0 Å². The van der Waals surface area contributed by atoms with Gasteiger partial charge in [0, 0.05) is 18.5 Å². The fourth-order valence-corrected chi connectivity index (χ4v) is 1.88. The van der Waals surface area contributed by atoms with Crippen molar-refractivity contribution in [2.75, 3.05) is 6.61 Å². The summed E-state index contributed by atoms with van der Waals surface area (Å²) in [5, 5.41) is 16.6. The van der Waals surface area contributed by atoms with Crippen molar-refractivity contribution in [3.05, 3.63) is 42.1 Å². The van der Waals surface area contributed by atoms with Gasteiger partial charge in [-0.3, -0.25) is 4.90 Å². The van der Waals surface area contributed by atoms with E-state index >= 15 is 0 Å². The Hall–Kier alpha value is -2.98. The Bertz CT molecular complexity index is 697. The molecule has 8 nitrogen and oxygen atoms in total. The lowest BCUT2D eigenvalue weighted by Crippen LogP contribution is -2.33. The molecule has 0 radical (unpaired) electrons. The maximum atomic E-state index is 12.1. The molecule has 0 aliphatic heterocycles. The van der Waals surface area contributed by atoms with Crippen molar-refractivity contribution in [1.82, 2.24) is 25.1 Å². The SMILES string of the molecule is C[C@H](c1ncccn1)N(Cc1ccc(OCC(F)(F)F)nn1)C(=O)O. The molecule has 134 valence electrons. The van der Waals surface area contributed by atoms with Crippen molar-refractivity contribution in [2.45, 2.75) is 25.7 Å². The Morgan fingerprint density at radius 1 is 1.28 bits per heavy atom. The Labute approximate surface area is 140 Å². The second-order valence-corrected chi connectivity index (χ2v) is 4.96. The summed E-state index contributed by atoms with van der Waals surface area (Å²) in [5.74, 6) is 0.00498. The maximum Gasteiger partial charge on any atom is 0.422 e. The van der Waals surface area contributed by atoms with Gasteiger partial charge in [-0.15, -0.1) is 5.10 Å². The van der Waals surface area contributed by atoms with Crippen LogP contribution in [0.3, 0.4) is 0 Å². The Morgan fingerprint density at radius 3 is 2.48 bits per heavy atom. The lowest BCUT2D eigenvalue weighted by atomic mass is 10.2. The number of hydrogen-bond acceptors (Lipinski definition) is 6. The number of aromatic nitrogens is 4. The van der Waals surface area contributed by atoms with Crippen molar-refractivity contribution >= 4 is 6.09 Å². The average molecular weight is 357 g/mol. The summed E-state index contributed by atoms with van der Waals surface area (Å²) in [6.45, 7) is -0.0103. The van der Waals surface area contributed by atoms with E-state index in [1.165, 1.54) is 24.5 Å². The molecule has 0 spiro atoms. The first-order chi connectivity index (χ1) is 11.8. The zero-order valence-corrected chi connectivity index (χ0v) is 13.0. The molecule has 0 saturated carbocycles. The van der Waals surface area contributed by atoms with Gasteiger partial charge in [0.2, 0.25) is 5.88 Å². The van der Waals surface area contributed by atoms with Crippen molar-refractivity contribution in [3.63, 3.8) is 0 Å². The van der Waals surface area contributed by atoms with E-state index in [0.29, 0.717) is 5.82 Å². The highest BCUT2D eigenvalue weighted by Crippen LogP contribution is 2.20. The van der Waals surface area contributed by atoms with Crippen LogP contribution in [0.25, 0.3) is 0 Å². The molecule has 1 amide bonds. The summed E-state index contributed by atoms with van der Waals surface area (Å²) in [6, 6.07) is 3.49. The van der Waals surface area contributed by atoms with Gasteiger partial charge in [0.05, 0.1) is 18.3 Å². The smallest absolute Gasteiger partial charge is 0.422 e. The van der Waals surface area contributed by atoms with Crippen LogP contribution in [0, 0.1) is 0 Å². The number of hydrogen-bond donors (Lipinski definition) is 1. The predicted molar refractivity (Wildman–Crippen MR) is 77.6 cm³/mol. The molecule has 1 N–H and O–H groups in total. The Morgan fingerprint density at radius 2 is 1.96 bits per heavy atom. The number of rotatable bonds is 6. The standard InChI is InChI=1S/C14H14F3N5O3/c1-9(12-18-5-2-6-19-12)22(13(23)24)7-10-3-4-11(21-20-10)25-8-14(15,16)17/h2-6,9H,7-8H2,1H3,(H,23,24)/t9-/m1/s1. The number of halogens is 3. The first-order valence-electron chi connectivity index (χ1n) is 7.05. The van der Waals surface area contributed by atoms with Crippen LogP contribution in [-0.4, -0.2) is 49.0 Å². The minimum atomic E-state index is -4.48. The van der Waals surface area contributed by atoms with Gasteiger partial charge in [-0.2, -0.15) is 18.3 Å². The third-order valence-electron chi connectivity index (χ3n) is 3.08. The molecule has 0 aromatic carbocycles. The lowest BCUT2D eigenvalue weighted by molar-refractivity contribution is -0.154. The number of carbonyl (C=O) groups is 1. The largest absolute Gasteiger partial charge is 0.467 e. The normalized spacial score (nSPS) is 12.5. The Balaban J connectivity index is 2.06. The van der Waals surface area contributed by atoms with E-state index in [2.05, 4.69) is 24.9 Å². The first kappa shape index (κ1) is 18.4. The van der Waals surface area contributed by atoms with Crippen LogP contribution in [0.1, 0.15) is 24.5 Å². The molecular formula is C14H14F3N5O3. The van der Waals surface area contributed by atoms with E-state index in [9.17, 15) is 23.1 Å². The summed E-state index contributed by atoms with van der Waals surface area (Å²) >= 11 is 0. The zero-order chi connectivity index (χ0) is 18.4. The van der Waals surface area contributed by atoms with Gasteiger partial charge in [0.15, 0.2) is 12.4 Å². The predicted octanol–water partition coefficient (Wildman–Crippen LogP) is 2.45. The number of nitrogens with zero attached hydrogens (tertiary/aromatic N) is 5. The van der Waals surface area contributed by atoms with Gasteiger partial charge in [-0.05, 0) is 19.1 Å². The van der Waals surface area contributed by atoms with Crippen molar-refractivity contribution < 1.29 is 27.8 Å². The fraction of sp³-hybridized carbons (Fsp3) is 0.357. The molecular weight excluding hydrogens is 343 g/mol. The van der Waals surface area contributed by atoms with Crippen molar-refractivity contribution in [2.24, 2.45) is 0 Å². The van der Waals surface area contributed by atoms with E-state index in [0.717, 1.165) is 4.90 Å². The zero-order valence-electron chi connectivity index (χ0n) is 13.0. The van der Waals surface area contributed by atoms with Crippen LogP contribution in [0.15, 0.2) is 30.6 Å². The van der Waals surface area contributed by atoms with Crippen LogP contribution in [-0.2, 0) is 6.54 Å². The third kappa shape index (κ3) is 5.55. The molecule has 0 aliphatic rings. The van der Waals surface area contributed by atoms with Gasteiger partial charge in [0.1, 0.15) is 0 Å². The van der Waals surface area contributed by atoms with E-state index in [1.807, 2.05) is 0 Å². The van der Waals surface area contributed by atoms with Gasteiger partial charge in [-0.1, -0.05) is 0 Å². The topological polar surface area (TPSA) is 101 Å². The fourth-order valence-electron chi connectivity index (χ4n) is 1.88. The molecule has 1 atom stereocenters. The monoisotopic (exact) mass is 357 g/mol. The first-order valence-corrected chi connectivity index (χ1v) is 7.05. The van der Waals surface area contributed by atoms with Crippen LogP contribution in [0.2, 0.25) is 0 Å². The summed E-state index contributed by atoms with van der Waals surface area (Å²) < 4.78 is 40.7. The molecule has 0 saturated heterocycles. The van der Waals surface area contributed by atoms with Crippen LogP contribution < -0.4 is 4.74 Å². The van der Waals surface area contributed by atoms with Gasteiger partial charge in [0.25, 0.3) is 0 Å². The second kappa shape index (κ2) is 7.73. The average Bonchev–Trinajstić information content (AvgIpc) is 2.58. The summed E-state index contributed by atoms with van der Waals surface area (Å²) in [7, 11) is 0. The molecule has 25 heavy (non-hydrogen) atoms. The van der Waals surface area contributed by atoms with Crippen LogP contribution >= 0.6 is 0 Å². The van der Waals surface area contributed by atoms with Gasteiger partial charge < -0.3 is 9.84 Å². The minimum absolute atomic E-state index is 0.138. The summed E-state index contributed by atoms with van der Waals surface area (Å²) in [6.07, 6.45) is -2.72. The maximum absolute atomic E-state index is 12.1. The summed E-state index contributed by atoms with van der Waals surface area (Å²) in [5.41, 5.74) is 0.240. The quantitative estimate of drug-likeness (QED) is 0.847. The third-order valence-corrected chi connectivity index (χ3v) is 3.08. The van der Waals surface area contributed by atoms with Crippen molar-refractivity contribution in [3.8, 4) is 5.88 Å². The molecule has 2 aromatic heterocycles. The molecule has 2 rings (SSSR count). The molecule has 2 aromatic rings. The highest BCUT2D eigenvalue weighted by molar-refractivity contribution is 5.65. The number of alkyl halides is 3. The molecule has 0 fully saturated rings. The van der Waals surface area contributed by atoms with Gasteiger partial charge in [-0.25, -0.2) is 14.8 Å². The van der Waals surface area contributed by atoms with E-state index < -0.39 is 24.9 Å². The number of ether oxygens (including phenoxy) is 1.